The summed E-state index contributed by atoms with van der Waals surface area (Å²) in [4.78, 5) is 0. The lowest BCUT2D eigenvalue weighted by atomic mass is 10.1. The fourth-order valence-corrected chi connectivity index (χ4v) is 2.87. The molecule has 0 amide bonds. The molecule has 4 nitrogen and oxygen atoms in total. The minimum absolute atomic E-state index is 0.591. The summed E-state index contributed by atoms with van der Waals surface area (Å²) in [7, 11) is 0. The van der Waals surface area contributed by atoms with E-state index in [-0.39, 0.29) is 0 Å². The monoisotopic (exact) mass is 370 g/mol. The number of benzene rings is 2. The normalized spacial score (nSPS) is 10.4. The van der Waals surface area contributed by atoms with Crippen LogP contribution in [0.1, 0.15) is 11.1 Å². The van der Waals surface area contributed by atoms with E-state index in [1.165, 1.54) is 5.56 Å². The van der Waals surface area contributed by atoms with E-state index in [2.05, 4.69) is 27.9 Å². The van der Waals surface area contributed by atoms with Crippen molar-refractivity contribution in [1.82, 2.24) is 15.1 Å². The number of hydrogen-bond acceptors (Lipinski definition) is 2. The van der Waals surface area contributed by atoms with Crippen molar-refractivity contribution in [3.05, 3.63) is 83.1 Å². The van der Waals surface area contributed by atoms with E-state index in [0.29, 0.717) is 11.7 Å². The number of nitrogens with one attached hydrogen (secondary N) is 2. The first-order valence-electron chi connectivity index (χ1n) is 8.05. The second kappa shape index (κ2) is 8.65. The zero-order valence-electron chi connectivity index (χ0n) is 13.7. The third-order valence-electron chi connectivity index (χ3n) is 3.72. The van der Waals surface area contributed by atoms with Gasteiger partial charge in [-0.3, -0.25) is 4.68 Å². The van der Waals surface area contributed by atoms with Crippen LogP contribution in [0.25, 0.3) is 0 Å². The molecule has 1 aromatic heterocycles. The number of halogens is 1. The molecule has 0 atom stereocenters. The van der Waals surface area contributed by atoms with E-state index in [9.17, 15) is 0 Å². The van der Waals surface area contributed by atoms with Gasteiger partial charge in [0.05, 0.1) is 18.4 Å². The Morgan fingerprint density at radius 1 is 1.08 bits per heavy atom. The fraction of sp³-hybridized carbons (Fsp3) is 0.158. The van der Waals surface area contributed by atoms with Gasteiger partial charge in [-0.25, -0.2) is 0 Å². The van der Waals surface area contributed by atoms with Crippen LogP contribution in [-0.4, -0.2) is 21.4 Å². The number of anilines is 1. The van der Waals surface area contributed by atoms with Crippen molar-refractivity contribution in [2.24, 2.45) is 0 Å². The molecule has 0 radical (unpaired) electrons. The molecule has 25 heavy (non-hydrogen) atoms. The molecule has 0 bridgehead atoms. The van der Waals surface area contributed by atoms with Crippen LogP contribution < -0.4 is 10.6 Å². The van der Waals surface area contributed by atoms with Crippen LogP contribution in [0.15, 0.2) is 67.0 Å². The Labute approximate surface area is 157 Å². The van der Waals surface area contributed by atoms with Crippen LogP contribution in [0.3, 0.4) is 0 Å². The van der Waals surface area contributed by atoms with Crippen LogP contribution in [0.2, 0.25) is 5.02 Å². The summed E-state index contributed by atoms with van der Waals surface area (Å²) < 4.78 is 1.83. The van der Waals surface area contributed by atoms with Crippen LogP contribution >= 0.6 is 23.8 Å². The van der Waals surface area contributed by atoms with Crippen molar-refractivity contribution in [3.63, 3.8) is 0 Å². The molecule has 0 spiro atoms. The van der Waals surface area contributed by atoms with Gasteiger partial charge >= 0.3 is 0 Å². The van der Waals surface area contributed by atoms with Crippen molar-refractivity contribution < 1.29 is 0 Å². The molecule has 0 aliphatic carbocycles. The van der Waals surface area contributed by atoms with E-state index >= 15 is 0 Å². The van der Waals surface area contributed by atoms with Crippen molar-refractivity contribution in [1.29, 1.82) is 0 Å². The maximum Gasteiger partial charge on any atom is 0.170 e. The summed E-state index contributed by atoms with van der Waals surface area (Å²) in [5.41, 5.74) is 3.16. The van der Waals surface area contributed by atoms with Gasteiger partial charge in [-0.05, 0) is 35.8 Å². The highest BCUT2D eigenvalue weighted by Gasteiger charge is 2.04. The summed E-state index contributed by atoms with van der Waals surface area (Å²) in [5.74, 6) is 0. The second-order valence-corrected chi connectivity index (χ2v) is 6.45. The lowest BCUT2D eigenvalue weighted by Crippen LogP contribution is -2.30. The molecular formula is C19H19ClN4S. The smallest absolute Gasteiger partial charge is 0.170 e. The average Bonchev–Trinajstić information content (AvgIpc) is 3.05. The molecular weight excluding hydrogens is 352 g/mol. The average molecular weight is 371 g/mol. The Morgan fingerprint density at radius 2 is 1.84 bits per heavy atom. The molecule has 0 aliphatic heterocycles. The minimum Gasteiger partial charge on any atom is -0.362 e. The highest BCUT2D eigenvalue weighted by atomic mass is 35.5. The molecule has 2 N–H and O–H groups in total. The maximum atomic E-state index is 6.19. The number of thiocarbonyl (C=S) groups is 1. The molecule has 6 heteroatoms. The standard InChI is InChI=1S/C19H19ClN4S/c20-18-9-5-4-8-16(18)13-24-14-17(12-22-24)23-19(25)21-11-10-15-6-2-1-3-7-15/h1-9,12,14H,10-11,13H2,(H2,21,23,25). The summed E-state index contributed by atoms with van der Waals surface area (Å²) >= 11 is 11.5. The summed E-state index contributed by atoms with van der Waals surface area (Å²) in [6.07, 6.45) is 4.59. The van der Waals surface area contributed by atoms with Gasteiger partial charge in [0.2, 0.25) is 0 Å². The van der Waals surface area contributed by atoms with E-state index < -0.39 is 0 Å². The van der Waals surface area contributed by atoms with Crippen molar-refractivity contribution in [2.45, 2.75) is 13.0 Å². The molecule has 0 fully saturated rings. The third-order valence-corrected chi connectivity index (χ3v) is 4.34. The molecule has 2 aromatic carbocycles. The number of nitrogens with zero attached hydrogens (tertiary/aromatic N) is 2. The number of hydrogen-bond donors (Lipinski definition) is 2. The highest BCUT2D eigenvalue weighted by Crippen LogP contribution is 2.16. The largest absolute Gasteiger partial charge is 0.362 e. The van der Waals surface area contributed by atoms with Gasteiger partial charge in [0.15, 0.2) is 5.11 Å². The Hall–Kier alpha value is -2.37. The van der Waals surface area contributed by atoms with Gasteiger partial charge in [-0.1, -0.05) is 60.1 Å². The van der Waals surface area contributed by atoms with Crippen LogP contribution in [-0.2, 0) is 13.0 Å². The second-order valence-electron chi connectivity index (χ2n) is 5.63. The Kier molecular flexibility index (Phi) is 6.04. The van der Waals surface area contributed by atoms with E-state index in [1.54, 1.807) is 6.20 Å². The summed E-state index contributed by atoms with van der Waals surface area (Å²) in [6, 6.07) is 18.1. The zero-order valence-corrected chi connectivity index (χ0v) is 15.2. The van der Waals surface area contributed by atoms with E-state index in [4.69, 9.17) is 23.8 Å². The van der Waals surface area contributed by atoms with Crippen molar-refractivity contribution in [2.75, 3.05) is 11.9 Å². The first-order valence-corrected chi connectivity index (χ1v) is 8.84. The molecule has 3 rings (SSSR count). The van der Waals surface area contributed by atoms with Gasteiger partial charge in [0, 0.05) is 17.8 Å². The highest BCUT2D eigenvalue weighted by molar-refractivity contribution is 7.80. The van der Waals surface area contributed by atoms with Crippen molar-refractivity contribution >= 4 is 34.6 Å². The molecule has 1 heterocycles. The number of rotatable bonds is 6. The summed E-state index contributed by atoms with van der Waals surface area (Å²) in [6.45, 7) is 1.40. The lowest BCUT2D eigenvalue weighted by Gasteiger charge is -2.09. The van der Waals surface area contributed by atoms with Gasteiger partial charge in [-0.2, -0.15) is 5.10 Å². The van der Waals surface area contributed by atoms with Gasteiger partial charge in [-0.15, -0.1) is 0 Å². The Morgan fingerprint density at radius 3 is 2.64 bits per heavy atom. The quantitative estimate of drug-likeness (QED) is 0.641. The van der Waals surface area contributed by atoms with E-state index in [0.717, 1.165) is 29.2 Å². The first kappa shape index (κ1) is 17.5. The summed E-state index contributed by atoms with van der Waals surface area (Å²) in [5, 5.41) is 12.0. The molecule has 0 aliphatic rings. The minimum atomic E-state index is 0.591. The molecule has 128 valence electrons. The zero-order chi connectivity index (χ0) is 17.5. The van der Waals surface area contributed by atoms with E-state index in [1.807, 2.05) is 53.3 Å². The first-order chi connectivity index (χ1) is 12.2. The maximum absolute atomic E-state index is 6.19. The predicted octanol–water partition coefficient (Wildman–Crippen LogP) is 4.11. The fourth-order valence-electron chi connectivity index (χ4n) is 2.46. The lowest BCUT2D eigenvalue weighted by molar-refractivity contribution is 0.687. The molecule has 3 aromatic rings. The molecule has 0 saturated heterocycles. The van der Waals surface area contributed by atoms with Gasteiger partial charge in [0.1, 0.15) is 0 Å². The molecule has 0 saturated carbocycles. The SMILES string of the molecule is S=C(NCCc1ccccc1)Nc1cnn(Cc2ccccc2Cl)c1. The topological polar surface area (TPSA) is 41.9 Å². The number of aromatic nitrogens is 2. The van der Waals surface area contributed by atoms with Crippen LogP contribution in [0.5, 0.6) is 0 Å². The van der Waals surface area contributed by atoms with Crippen LogP contribution in [0.4, 0.5) is 5.69 Å². The van der Waals surface area contributed by atoms with Crippen molar-refractivity contribution in [3.8, 4) is 0 Å². The third kappa shape index (κ3) is 5.31. The predicted molar refractivity (Wildman–Crippen MR) is 107 cm³/mol. The molecule has 0 unspecified atom stereocenters. The Bertz CT molecular complexity index is 832. The van der Waals surface area contributed by atoms with Gasteiger partial charge < -0.3 is 10.6 Å². The van der Waals surface area contributed by atoms with Crippen LogP contribution in [0, 0.1) is 0 Å². The van der Waals surface area contributed by atoms with Gasteiger partial charge in [0.25, 0.3) is 0 Å². The Balaban J connectivity index is 1.47.